The molecule has 0 radical (unpaired) electrons. The van der Waals surface area contributed by atoms with E-state index in [0.29, 0.717) is 16.9 Å². The van der Waals surface area contributed by atoms with Crippen molar-refractivity contribution in [3.8, 4) is 0 Å². The van der Waals surface area contributed by atoms with E-state index >= 15 is 0 Å². The zero-order valence-electron chi connectivity index (χ0n) is 20.9. The predicted molar refractivity (Wildman–Crippen MR) is 128 cm³/mol. The van der Waals surface area contributed by atoms with Gasteiger partial charge < -0.3 is 9.84 Å². The van der Waals surface area contributed by atoms with Crippen molar-refractivity contribution in [2.75, 3.05) is 6.61 Å². The average molecular weight is 429 g/mol. The Bertz CT molecular complexity index is 691. The van der Waals surface area contributed by atoms with Crippen molar-refractivity contribution < 1.29 is 9.84 Å². The van der Waals surface area contributed by atoms with Gasteiger partial charge in [0.15, 0.2) is 0 Å². The summed E-state index contributed by atoms with van der Waals surface area (Å²) in [6.07, 6.45) is 16.1. The summed E-state index contributed by atoms with van der Waals surface area (Å²) in [6, 6.07) is 0. The van der Waals surface area contributed by atoms with Crippen LogP contribution in [0.4, 0.5) is 0 Å². The van der Waals surface area contributed by atoms with Crippen LogP contribution >= 0.6 is 0 Å². The minimum absolute atomic E-state index is 0.0860. The molecule has 1 aliphatic heterocycles. The van der Waals surface area contributed by atoms with Crippen molar-refractivity contribution in [2.24, 2.45) is 52.3 Å². The summed E-state index contributed by atoms with van der Waals surface area (Å²) >= 11 is 0. The van der Waals surface area contributed by atoms with Crippen molar-refractivity contribution in [1.82, 2.24) is 0 Å². The first-order chi connectivity index (χ1) is 14.7. The topological polar surface area (TPSA) is 32.8 Å². The molecule has 2 nitrogen and oxygen atoms in total. The van der Waals surface area contributed by atoms with E-state index in [4.69, 9.17) is 4.74 Å². The van der Waals surface area contributed by atoms with Gasteiger partial charge in [-0.2, -0.15) is 0 Å². The molecule has 31 heavy (non-hydrogen) atoms. The number of aliphatic hydroxyl groups is 1. The van der Waals surface area contributed by atoms with Crippen LogP contribution in [0.5, 0.6) is 0 Å². The minimum Gasteiger partial charge on any atom is -0.393 e. The summed E-state index contributed by atoms with van der Waals surface area (Å²) < 4.78 is 5.69. The largest absolute Gasteiger partial charge is 0.393 e. The van der Waals surface area contributed by atoms with Crippen LogP contribution < -0.4 is 0 Å². The van der Waals surface area contributed by atoms with Crippen molar-refractivity contribution in [1.29, 1.82) is 0 Å². The summed E-state index contributed by atoms with van der Waals surface area (Å²) in [5.41, 5.74) is 2.54. The fraction of sp³-hybridized carbons (Fsp3) is 0.931. The van der Waals surface area contributed by atoms with Crippen LogP contribution in [0.2, 0.25) is 0 Å². The van der Waals surface area contributed by atoms with Gasteiger partial charge in [-0.3, -0.25) is 0 Å². The molecule has 0 aromatic rings. The third-order valence-electron chi connectivity index (χ3n) is 11.5. The Morgan fingerprint density at radius 1 is 1.03 bits per heavy atom. The molecule has 10 atom stereocenters. The van der Waals surface area contributed by atoms with Gasteiger partial charge in [0.05, 0.1) is 18.8 Å². The van der Waals surface area contributed by atoms with Crippen LogP contribution in [-0.4, -0.2) is 23.9 Å². The molecule has 1 heterocycles. The normalized spacial score (nSPS) is 48.4. The second kappa shape index (κ2) is 8.15. The number of rotatable bonds is 6. The molecule has 2 heteroatoms. The second-order valence-corrected chi connectivity index (χ2v) is 13.2. The van der Waals surface area contributed by atoms with Crippen LogP contribution in [0.1, 0.15) is 98.8 Å². The lowest BCUT2D eigenvalue weighted by Gasteiger charge is -2.58. The number of allylic oxidation sites excluding steroid dienone is 1. The Morgan fingerprint density at radius 3 is 2.52 bits per heavy atom. The summed E-state index contributed by atoms with van der Waals surface area (Å²) in [7, 11) is 0. The molecule has 5 aliphatic rings. The molecule has 0 aromatic carbocycles. The third-order valence-corrected chi connectivity index (χ3v) is 11.5. The first-order valence-corrected chi connectivity index (χ1v) is 13.7. The molecule has 176 valence electrons. The summed E-state index contributed by atoms with van der Waals surface area (Å²) in [6.45, 7) is 13.6. The molecule has 3 unspecified atom stereocenters. The number of fused-ring (bicyclic) bond motifs is 5. The van der Waals surface area contributed by atoms with Crippen molar-refractivity contribution >= 4 is 0 Å². The smallest absolute Gasteiger partial charge is 0.0840 e. The predicted octanol–water partition coefficient (Wildman–Crippen LogP) is 7.01. The molecular formula is C29H48O2. The number of hydrogen-bond donors (Lipinski definition) is 1. The Morgan fingerprint density at radius 2 is 1.81 bits per heavy atom. The lowest BCUT2D eigenvalue weighted by molar-refractivity contribution is -0.0575. The molecule has 5 rings (SSSR count). The molecule has 0 amide bonds. The SMILES string of the molecule is CC(C)[C@@H](CC[C@@H](C)[C@H]1CCC2C3CC=C4C[C@@H](O)CC[C@]4(C)C3CC[C@@]21C)[C@H]1CO1. The fourth-order valence-electron chi connectivity index (χ4n) is 9.52. The summed E-state index contributed by atoms with van der Waals surface area (Å²) in [5, 5.41) is 10.3. The van der Waals surface area contributed by atoms with E-state index in [1.165, 1.54) is 51.4 Å². The minimum atomic E-state index is -0.0860. The fourth-order valence-corrected chi connectivity index (χ4v) is 9.52. The van der Waals surface area contributed by atoms with Crippen molar-refractivity contribution in [2.45, 2.75) is 111 Å². The molecular weight excluding hydrogens is 380 g/mol. The average Bonchev–Trinajstić information content (AvgIpc) is 3.48. The molecule has 4 fully saturated rings. The monoisotopic (exact) mass is 428 g/mol. The highest BCUT2D eigenvalue weighted by Crippen LogP contribution is 2.67. The standard InChI is InChI=1S/C29H48O2/c1-18(2)22(27-17-31-27)8-6-19(3)24-10-11-25-23-9-7-20-16-21(30)12-14-28(20,4)26(23)13-15-29(24,25)5/h7,18-19,21-27,30H,6,8-17H2,1-5H3/t19-,21+,22-,23?,24-,25?,26?,27-,28+,29-/m1/s1. The van der Waals surface area contributed by atoms with E-state index in [9.17, 15) is 5.11 Å². The molecule has 0 bridgehead atoms. The van der Waals surface area contributed by atoms with Gasteiger partial charge in [-0.1, -0.05) is 52.7 Å². The lowest BCUT2D eigenvalue weighted by atomic mass is 9.47. The van der Waals surface area contributed by atoms with Crippen LogP contribution in [0.3, 0.4) is 0 Å². The number of aliphatic hydroxyl groups excluding tert-OH is 1. The van der Waals surface area contributed by atoms with Crippen molar-refractivity contribution in [3.05, 3.63) is 11.6 Å². The van der Waals surface area contributed by atoms with E-state index < -0.39 is 0 Å². The molecule has 1 N–H and O–H groups in total. The second-order valence-electron chi connectivity index (χ2n) is 13.2. The van der Waals surface area contributed by atoms with E-state index in [-0.39, 0.29) is 6.10 Å². The van der Waals surface area contributed by atoms with Gasteiger partial charge in [0.1, 0.15) is 0 Å². The number of epoxide rings is 1. The van der Waals surface area contributed by atoms with Gasteiger partial charge in [0.2, 0.25) is 0 Å². The zero-order chi connectivity index (χ0) is 22.0. The van der Waals surface area contributed by atoms with Gasteiger partial charge in [-0.25, -0.2) is 0 Å². The van der Waals surface area contributed by atoms with Gasteiger partial charge in [0, 0.05) is 0 Å². The summed E-state index contributed by atoms with van der Waals surface area (Å²) in [5.74, 6) is 5.96. The third kappa shape index (κ3) is 3.76. The Labute approximate surface area is 191 Å². The van der Waals surface area contributed by atoms with Crippen LogP contribution in [0.15, 0.2) is 11.6 Å². The van der Waals surface area contributed by atoms with Crippen molar-refractivity contribution in [3.63, 3.8) is 0 Å². The number of ether oxygens (including phenoxy) is 1. The van der Waals surface area contributed by atoms with Gasteiger partial charge in [-0.15, -0.1) is 0 Å². The van der Waals surface area contributed by atoms with E-state index in [1.54, 1.807) is 5.57 Å². The van der Waals surface area contributed by atoms with Crippen LogP contribution in [0, 0.1) is 52.3 Å². The Balaban J connectivity index is 1.28. The van der Waals surface area contributed by atoms with E-state index in [1.807, 2.05) is 0 Å². The highest BCUT2D eigenvalue weighted by atomic mass is 16.6. The molecule has 1 saturated heterocycles. The Kier molecular flexibility index (Phi) is 5.91. The lowest BCUT2D eigenvalue weighted by Crippen LogP contribution is -2.50. The summed E-state index contributed by atoms with van der Waals surface area (Å²) in [4.78, 5) is 0. The van der Waals surface area contributed by atoms with Gasteiger partial charge in [0.25, 0.3) is 0 Å². The van der Waals surface area contributed by atoms with Crippen LogP contribution in [0.25, 0.3) is 0 Å². The van der Waals surface area contributed by atoms with Gasteiger partial charge in [-0.05, 0) is 110 Å². The highest BCUT2D eigenvalue weighted by Gasteiger charge is 2.59. The Hall–Kier alpha value is -0.340. The molecule has 0 aromatic heterocycles. The highest BCUT2D eigenvalue weighted by molar-refractivity contribution is 5.25. The van der Waals surface area contributed by atoms with E-state index in [0.717, 1.165) is 60.9 Å². The number of hydrogen-bond acceptors (Lipinski definition) is 2. The van der Waals surface area contributed by atoms with E-state index in [2.05, 4.69) is 40.7 Å². The molecule has 4 aliphatic carbocycles. The first kappa shape index (κ1) is 22.5. The van der Waals surface area contributed by atoms with Gasteiger partial charge >= 0.3 is 0 Å². The maximum atomic E-state index is 10.3. The molecule has 3 saturated carbocycles. The first-order valence-electron chi connectivity index (χ1n) is 13.7. The zero-order valence-corrected chi connectivity index (χ0v) is 20.9. The maximum absolute atomic E-state index is 10.3. The molecule has 0 spiro atoms. The van der Waals surface area contributed by atoms with Crippen LogP contribution in [-0.2, 0) is 4.74 Å². The quantitative estimate of drug-likeness (QED) is 0.364. The maximum Gasteiger partial charge on any atom is 0.0840 e.